The molecule has 0 amide bonds. The van der Waals surface area contributed by atoms with Crippen LogP contribution < -0.4 is 5.32 Å². The molecular weight excluding hydrogens is 268 g/mol. The monoisotopic (exact) mass is 284 g/mol. The standard InChI is InChI=1S/C12H17BrN2O/c13-11-3-1-4-12(15-11)14-7-2-8-16-9-10-5-6-10/h1,3-4,10H,2,5-9H2,(H,14,15). The molecule has 0 unspecified atom stereocenters. The first-order valence-corrected chi connectivity index (χ1v) is 6.58. The lowest BCUT2D eigenvalue weighted by atomic mass is 10.4. The highest BCUT2D eigenvalue weighted by Crippen LogP contribution is 2.28. The van der Waals surface area contributed by atoms with Crippen molar-refractivity contribution in [3.63, 3.8) is 0 Å². The Morgan fingerprint density at radius 3 is 3.06 bits per heavy atom. The van der Waals surface area contributed by atoms with Crippen molar-refractivity contribution in [2.75, 3.05) is 25.1 Å². The van der Waals surface area contributed by atoms with Gasteiger partial charge in [0.05, 0.1) is 0 Å². The number of rotatable bonds is 7. The fourth-order valence-corrected chi connectivity index (χ4v) is 1.78. The summed E-state index contributed by atoms with van der Waals surface area (Å²) in [5.41, 5.74) is 0. The zero-order chi connectivity index (χ0) is 11.2. The molecule has 0 atom stereocenters. The fourth-order valence-electron chi connectivity index (χ4n) is 1.43. The molecule has 1 aromatic rings. The van der Waals surface area contributed by atoms with Crippen molar-refractivity contribution in [2.24, 2.45) is 5.92 Å². The molecule has 1 aliphatic rings. The summed E-state index contributed by atoms with van der Waals surface area (Å²) in [5.74, 6) is 1.77. The molecule has 1 saturated carbocycles. The van der Waals surface area contributed by atoms with E-state index in [0.29, 0.717) is 0 Å². The molecule has 0 saturated heterocycles. The predicted octanol–water partition coefficient (Wildman–Crippen LogP) is 3.07. The summed E-state index contributed by atoms with van der Waals surface area (Å²) in [6.45, 7) is 2.71. The van der Waals surface area contributed by atoms with Crippen LogP contribution in [-0.4, -0.2) is 24.7 Å². The molecule has 1 aromatic heterocycles. The van der Waals surface area contributed by atoms with E-state index in [-0.39, 0.29) is 0 Å². The molecule has 0 spiro atoms. The van der Waals surface area contributed by atoms with E-state index >= 15 is 0 Å². The molecule has 3 nitrogen and oxygen atoms in total. The number of halogens is 1. The van der Waals surface area contributed by atoms with Crippen LogP contribution in [0.3, 0.4) is 0 Å². The Hall–Kier alpha value is -0.610. The van der Waals surface area contributed by atoms with E-state index < -0.39 is 0 Å². The first-order valence-electron chi connectivity index (χ1n) is 5.79. The third-order valence-electron chi connectivity index (χ3n) is 2.54. The molecule has 0 bridgehead atoms. The highest BCUT2D eigenvalue weighted by atomic mass is 79.9. The van der Waals surface area contributed by atoms with E-state index in [1.54, 1.807) is 0 Å². The molecule has 1 N–H and O–H groups in total. The van der Waals surface area contributed by atoms with Gasteiger partial charge < -0.3 is 10.1 Å². The molecule has 1 heterocycles. The van der Waals surface area contributed by atoms with Gasteiger partial charge in [-0.2, -0.15) is 0 Å². The number of anilines is 1. The number of nitrogens with zero attached hydrogens (tertiary/aromatic N) is 1. The van der Waals surface area contributed by atoms with Crippen molar-refractivity contribution in [3.8, 4) is 0 Å². The van der Waals surface area contributed by atoms with Crippen molar-refractivity contribution in [1.82, 2.24) is 4.98 Å². The summed E-state index contributed by atoms with van der Waals surface area (Å²) in [6, 6.07) is 5.86. The second-order valence-corrected chi connectivity index (χ2v) is 4.96. The quantitative estimate of drug-likeness (QED) is 0.617. The van der Waals surface area contributed by atoms with Crippen molar-refractivity contribution < 1.29 is 4.74 Å². The number of ether oxygens (including phenoxy) is 1. The van der Waals surface area contributed by atoms with Crippen LogP contribution in [0.5, 0.6) is 0 Å². The normalized spacial score (nSPS) is 15.1. The fraction of sp³-hybridized carbons (Fsp3) is 0.583. The first-order chi connectivity index (χ1) is 7.84. The second-order valence-electron chi connectivity index (χ2n) is 4.14. The highest BCUT2D eigenvalue weighted by molar-refractivity contribution is 9.10. The summed E-state index contributed by atoms with van der Waals surface area (Å²) in [4.78, 5) is 4.29. The lowest BCUT2D eigenvalue weighted by molar-refractivity contribution is 0.124. The predicted molar refractivity (Wildman–Crippen MR) is 68.6 cm³/mol. The first kappa shape index (κ1) is 11.9. The van der Waals surface area contributed by atoms with Gasteiger partial charge in [0.2, 0.25) is 0 Å². The Morgan fingerprint density at radius 1 is 1.44 bits per heavy atom. The minimum atomic E-state index is 0.845. The molecule has 0 aliphatic heterocycles. The maximum atomic E-state index is 5.55. The van der Waals surface area contributed by atoms with Gasteiger partial charge in [0.1, 0.15) is 10.4 Å². The molecule has 16 heavy (non-hydrogen) atoms. The van der Waals surface area contributed by atoms with Gasteiger partial charge in [-0.3, -0.25) is 0 Å². The van der Waals surface area contributed by atoms with E-state index in [1.165, 1.54) is 12.8 Å². The van der Waals surface area contributed by atoms with Gasteiger partial charge in [-0.05, 0) is 53.2 Å². The van der Waals surface area contributed by atoms with E-state index in [0.717, 1.165) is 42.5 Å². The Balaban J connectivity index is 1.53. The minimum absolute atomic E-state index is 0.845. The van der Waals surface area contributed by atoms with Crippen LogP contribution in [0.15, 0.2) is 22.8 Å². The van der Waals surface area contributed by atoms with Gasteiger partial charge in [0.15, 0.2) is 0 Å². The highest BCUT2D eigenvalue weighted by Gasteiger charge is 2.20. The Morgan fingerprint density at radius 2 is 2.31 bits per heavy atom. The maximum Gasteiger partial charge on any atom is 0.127 e. The molecule has 0 radical (unpaired) electrons. The third-order valence-corrected chi connectivity index (χ3v) is 2.98. The molecular formula is C12H17BrN2O. The number of pyridine rings is 1. The molecule has 4 heteroatoms. The van der Waals surface area contributed by atoms with Crippen LogP contribution in [0.2, 0.25) is 0 Å². The van der Waals surface area contributed by atoms with E-state index in [9.17, 15) is 0 Å². The van der Waals surface area contributed by atoms with E-state index in [1.807, 2.05) is 18.2 Å². The van der Waals surface area contributed by atoms with Crippen LogP contribution in [0.4, 0.5) is 5.82 Å². The van der Waals surface area contributed by atoms with Crippen LogP contribution in [0, 0.1) is 5.92 Å². The van der Waals surface area contributed by atoms with Gasteiger partial charge >= 0.3 is 0 Å². The summed E-state index contributed by atoms with van der Waals surface area (Å²) < 4.78 is 6.41. The zero-order valence-corrected chi connectivity index (χ0v) is 10.9. The van der Waals surface area contributed by atoms with Gasteiger partial charge in [0, 0.05) is 19.8 Å². The summed E-state index contributed by atoms with van der Waals surface area (Å²) in [5, 5.41) is 3.27. The van der Waals surface area contributed by atoms with Crippen molar-refractivity contribution >= 4 is 21.7 Å². The molecule has 1 aliphatic carbocycles. The van der Waals surface area contributed by atoms with E-state index in [2.05, 4.69) is 26.2 Å². The van der Waals surface area contributed by atoms with Crippen molar-refractivity contribution in [2.45, 2.75) is 19.3 Å². The number of hydrogen-bond acceptors (Lipinski definition) is 3. The Kier molecular flexibility index (Phi) is 4.60. The summed E-state index contributed by atoms with van der Waals surface area (Å²) >= 11 is 3.34. The zero-order valence-electron chi connectivity index (χ0n) is 9.29. The number of aromatic nitrogens is 1. The van der Waals surface area contributed by atoms with Gasteiger partial charge in [-0.15, -0.1) is 0 Å². The SMILES string of the molecule is Brc1cccc(NCCCOCC2CC2)n1. The number of nitrogens with one attached hydrogen (secondary N) is 1. The topological polar surface area (TPSA) is 34.1 Å². The minimum Gasteiger partial charge on any atom is -0.381 e. The Labute approximate surface area is 105 Å². The second kappa shape index (κ2) is 6.21. The smallest absolute Gasteiger partial charge is 0.127 e. The van der Waals surface area contributed by atoms with Gasteiger partial charge in [-0.1, -0.05) is 6.07 Å². The molecule has 88 valence electrons. The van der Waals surface area contributed by atoms with Gasteiger partial charge in [-0.25, -0.2) is 4.98 Å². The Bertz CT molecular complexity index is 329. The van der Waals surface area contributed by atoms with E-state index in [4.69, 9.17) is 4.74 Å². The van der Waals surface area contributed by atoms with Gasteiger partial charge in [0.25, 0.3) is 0 Å². The third kappa shape index (κ3) is 4.49. The van der Waals surface area contributed by atoms with Crippen molar-refractivity contribution in [3.05, 3.63) is 22.8 Å². The van der Waals surface area contributed by atoms with Crippen LogP contribution in [-0.2, 0) is 4.74 Å². The summed E-state index contributed by atoms with van der Waals surface area (Å²) in [7, 11) is 0. The largest absolute Gasteiger partial charge is 0.381 e. The van der Waals surface area contributed by atoms with Crippen LogP contribution >= 0.6 is 15.9 Å². The average molecular weight is 285 g/mol. The lowest BCUT2D eigenvalue weighted by Gasteiger charge is -2.06. The van der Waals surface area contributed by atoms with Crippen LogP contribution in [0.25, 0.3) is 0 Å². The lowest BCUT2D eigenvalue weighted by Crippen LogP contribution is -2.07. The van der Waals surface area contributed by atoms with Crippen LogP contribution in [0.1, 0.15) is 19.3 Å². The maximum absolute atomic E-state index is 5.55. The molecule has 2 rings (SSSR count). The molecule has 0 aromatic carbocycles. The molecule has 1 fully saturated rings. The number of hydrogen-bond donors (Lipinski definition) is 1. The summed E-state index contributed by atoms with van der Waals surface area (Å²) in [6.07, 6.45) is 3.75. The van der Waals surface area contributed by atoms with Crippen molar-refractivity contribution in [1.29, 1.82) is 0 Å². The average Bonchev–Trinajstić information content (AvgIpc) is 3.07.